The van der Waals surface area contributed by atoms with Crippen molar-refractivity contribution >= 4 is 21.2 Å². The van der Waals surface area contributed by atoms with Crippen molar-refractivity contribution in [1.82, 2.24) is 4.90 Å². The summed E-state index contributed by atoms with van der Waals surface area (Å²) >= 11 is 1.56. The summed E-state index contributed by atoms with van der Waals surface area (Å²) in [4.78, 5) is 4.71. The molecule has 4 rings (SSSR count). The number of aryl methyl sites for hydroxylation is 3. The van der Waals surface area contributed by atoms with Crippen molar-refractivity contribution in [3.63, 3.8) is 0 Å². The summed E-state index contributed by atoms with van der Waals surface area (Å²) in [7, 11) is -3.29. The molecule has 2 fully saturated rings. The molecular formula is C24H33NO3S2. The number of piperidine rings is 1. The predicted octanol–water partition coefficient (Wildman–Crippen LogP) is 5.51. The van der Waals surface area contributed by atoms with Crippen LogP contribution in [0.3, 0.4) is 0 Å². The average molecular weight is 448 g/mol. The number of rotatable bonds is 8. The number of fused-ring (bicyclic) bond motifs is 2. The van der Waals surface area contributed by atoms with Crippen LogP contribution < -0.4 is 4.74 Å². The molecule has 1 aromatic heterocycles. The maximum Gasteiger partial charge on any atom is 0.192 e. The molecule has 4 nitrogen and oxygen atoms in total. The van der Waals surface area contributed by atoms with E-state index >= 15 is 0 Å². The zero-order valence-corrected chi connectivity index (χ0v) is 19.9. The summed E-state index contributed by atoms with van der Waals surface area (Å²) in [5, 5.41) is 0. The van der Waals surface area contributed by atoms with E-state index in [4.69, 9.17) is 4.74 Å². The van der Waals surface area contributed by atoms with Gasteiger partial charge in [-0.3, -0.25) is 4.90 Å². The molecule has 0 aliphatic carbocycles. The first-order chi connectivity index (χ1) is 14.4. The van der Waals surface area contributed by atoms with Gasteiger partial charge < -0.3 is 4.74 Å². The Labute approximate surface area is 185 Å². The van der Waals surface area contributed by atoms with Gasteiger partial charge in [-0.05, 0) is 76.1 Å². The number of unbranched alkanes of at least 4 members (excludes halogenated alkanes) is 1. The molecule has 0 saturated carbocycles. The molecule has 2 bridgehead atoms. The Kier molecular flexibility index (Phi) is 6.56. The van der Waals surface area contributed by atoms with Crippen molar-refractivity contribution in [2.45, 2.75) is 88.8 Å². The number of nitrogens with zero attached hydrogens (tertiary/aromatic N) is 1. The quantitative estimate of drug-likeness (QED) is 0.535. The zero-order chi connectivity index (χ0) is 21.3. The number of sulfone groups is 1. The van der Waals surface area contributed by atoms with E-state index in [0.29, 0.717) is 17.0 Å². The Morgan fingerprint density at radius 2 is 1.77 bits per heavy atom. The van der Waals surface area contributed by atoms with Gasteiger partial charge in [-0.1, -0.05) is 25.5 Å². The van der Waals surface area contributed by atoms with Crippen LogP contribution in [-0.2, 0) is 16.3 Å². The molecule has 0 spiro atoms. The summed E-state index contributed by atoms with van der Waals surface area (Å²) in [5.74, 6) is 1.07. The second-order valence-corrected chi connectivity index (χ2v) is 12.3. The minimum atomic E-state index is -3.29. The largest absolute Gasteiger partial charge is 0.490 e. The normalized spacial score (nSPS) is 24.3. The van der Waals surface area contributed by atoms with Crippen LogP contribution in [0, 0.1) is 13.8 Å². The topological polar surface area (TPSA) is 46.6 Å². The fraction of sp³-hybridized carbons (Fsp3) is 0.583. The van der Waals surface area contributed by atoms with Gasteiger partial charge in [0.25, 0.3) is 0 Å². The maximum atomic E-state index is 13.1. The molecule has 2 saturated heterocycles. The van der Waals surface area contributed by atoms with E-state index in [2.05, 4.69) is 36.1 Å². The molecule has 2 aliphatic rings. The molecule has 2 aromatic rings. The molecule has 2 aliphatic heterocycles. The van der Waals surface area contributed by atoms with Crippen molar-refractivity contribution in [3.8, 4) is 5.75 Å². The fourth-order valence-electron chi connectivity index (χ4n) is 5.02. The molecule has 1 unspecified atom stereocenters. The molecule has 164 valence electrons. The van der Waals surface area contributed by atoms with Crippen LogP contribution in [0.4, 0.5) is 0 Å². The van der Waals surface area contributed by atoms with Crippen molar-refractivity contribution in [2.75, 3.05) is 5.88 Å². The van der Waals surface area contributed by atoms with Crippen molar-refractivity contribution in [1.29, 1.82) is 0 Å². The Morgan fingerprint density at radius 3 is 2.33 bits per heavy atom. The van der Waals surface area contributed by atoms with Gasteiger partial charge in [0, 0.05) is 21.8 Å². The van der Waals surface area contributed by atoms with E-state index in [-0.39, 0.29) is 12.0 Å². The first-order valence-corrected chi connectivity index (χ1v) is 13.6. The minimum Gasteiger partial charge on any atom is -0.490 e. The van der Waals surface area contributed by atoms with Crippen LogP contribution in [0.1, 0.15) is 60.8 Å². The zero-order valence-electron chi connectivity index (χ0n) is 18.3. The van der Waals surface area contributed by atoms with Crippen LogP contribution in [0.2, 0.25) is 0 Å². The van der Waals surface area contributed by atoms with Crippen LogP contribution in [-0.4, -0.2) is 37.4 Å². The van der Waals surface area contributed by atoms with E-state index in [1.165, 1.54) is 18.4 Å². The van der Waals surface area contributed by atoms with E-state index in [1.807, 2.05) is 19.9 Å². The monoisotopic (exact) mass is 447 g/mol. The lowest BCUT2D eigenvalue weighted by Gasteiger charge is -2.38. The average Bonchev–Trinajstić information content (AvgIpc) is 3.15. The first kappa shape index (κ1) is 21.8. The van der Waals surface area contributed by atoms with Crippen LogP contribution >= 0.6 is 11.3 Å². The second kappa shape index (κ2) is 9.01. The molecule has 1 aromatic carbocycles. The van der Waals surface area contributed by atoms with Gasteiger partial charge in [0.15, 0.2) is 9.84 Å². The molecule has 3 heterocycles. The first-order valence-electron chi connectivity index (χ1n) is 11.2. The third kappa shape index (κ3) is 4.76. The van der Waals surface area contributed by atoms with E-state index < -0.39 is 9.84 Å². The third-order valence-electron chi connectivity index (χ3n) is 6.54. The highest BCUT2D eigenvalue weighted by Crippen LogP contribution is 2.39. The van der Waals surface area contributed by atoms with Gasteiger partial charge in [0.1, 0.15) is 17.7 Å². The Morgan fingerprint density at radius 1 is 1.10 bits per heavy atom. The standard InChI is InChI=1S/C24H33NO3S2/c1-4-5-6-19-7-11-22(12-8-19)28-23-14-20-9-10-21(15-23)25(20)16-30(26,27)24-13-17(2)29-18(24)3/h7-8,11-13,20-21,23H,4-6,9-10,14-16H2,1-3H3/t20-,21?,23-/m1/s1. The third-order valence-corrected chi connectivity index (χ3v) is 9.36. The Balaban J connectivity index is 1.38. The van der Waals surface area contributed by atoms with Gasteiger partial charge in [0.05, 0.1) is 4.90 Å². The second-order valence-electron chi connectivity index (χ2n) is 8.88. The summed E-state index contributed by atoms with van der Waals surface area (Å²) < 4.78 is 32.4. The Hall–Kier alpha value is -1.37. The smallest absolute Gasteiger partial charge is 0.192 e. The summed E-state index contributed by atoms with van der Waals surface area (Å²) in [6, 6.07) is 11.0. The van der Waals surface area contributed by atoms with E-state index in [0.717, 1.165) is 47.6 Å². The van der Waals surface area contributed by atoms with Crippen LogP contribution in [0.5, 0.6) is 5.75 Å². The van der Waals surface area contributed by atoms with Gasteiger partial charge in [-0.15, -0.1) is 11.3 Å². The van der Waals surface area contributed by atoms with Crippen molar-refractivity contribution in [3.05, 3.63) is 45.6 Å². The number of thiophene rings is 1. The maximum absolute atomic E-state index is 13.1. The Bertz CT molecular complexity index is 951. The van der Waals surface area contributed by atoms with Gasteiger partial charge in [-0.25, -0.2) is 8.42 Å². The number of hydrogen-bond donors (Lipinski definition) is 0. The highest BCUT2D eigenvalue weighted by molar-refractivity contribution is 7.91. The lowest BCUT2D eigenvalue weighted by molar-refractivity contribution is 0.0609. The molecule has 0 radical (unpaired) electrons. The summed E-state index contributed by atoms with van der Waals surface area (Å²) in [6.07, 6.45) is 7.67. The highest BCUT2D eigenvalue weighted by atomic mass is 32.2. The van der Waals surface area contributed by atoms with Crippen molar-refractivity contribution < 1.29 is 13.2 Å². The predicted molar refractivity (Wildman–Crippen MR) is 123 cm³/mol. The molecule has 3 atom stereocenters. The van der Waals surface area contributed by atoms with Gasteiger partial charge in [-0.2, -0.15) is 0 Å². The lowest BCUT2D eigenvalue weighted by atomic mass is 10.0. The summed E-state index contributed by atoms with van der Waals surface area (Å²) in [5.41, 5.74) is 1.36. The van der Waals surface area contributed by atoms with Gasteiger partial charge >= 0.3 is 0 Å². The lowest BCUT2D eigenvalue weighted by Crippen LogP contribution is -2.48. The molecule has 6 heteroatoms. The SMILES string of the molecule is CCCCc1ccc(O[C@H]2CC3CC[C@H](C2)N3CS(=O)(=O)c2cc(C)sc2C)cc1. The molecule has 30 heavy (non-hydrogen) atoms. The molecule has 0 amide bonds. The minimum absolute atomic E-state index is 0.137. The van der Waals surface area contributed by atoms with Gasteiger partial charge in [0.2, 0.25) is 0 Å². The highest BCUT2D eigenvalue weighted by Gasteiger charge is 2.43. The number of hydrogen-bond acceptors (Lipinski definition) is 5. The number of ether oxygens (including phenoxy) is 1. The van der Waals surface area contributed by atoms with E-state index in [9.17, 15) is 8.42 Å². The van der Waals surface area contributed by atoms with Crippen LogP contribution in [0.15, 0.2) is 35.2 Å². The molecule has 0 N–H and O–H groups in total. The number of benzene rings is 1. The van der Waals surface area contributed by atoms with E-state index in [1.54, 1.807) is 11.3 Å². The van der Waals surface area contributed by atoms with Crippen molar-refractivity contribution in [2.24, 2.45) is 0 Å². The fourth-order valence-corrected chi connectivity index (χ4v) is 8.17. The van der Waals surface area contributed by atoms with Crippen LogP contribution in [0.25, 0.3) is 0 Å². The molecular weight excluding hydrogens is 414 g/mol. The summed E-state index contributed by atoms with van der Waals surface area (Å²) in [6.45, 7) is 6.10.